The topological polar surface area (TPSA) is 21.3 Å². The molecule has 1 N–H and O–H groups in total. The first-order chi connectivity index (χ1) is 9.72. The van der Waals surface area contributed by atoms with Crippen LogP contribution in [0.3, 0.4) is 0 Å². The Bertz CT molecular complexity index is 548. The van der Waals surface area contributed by atoms with E-state index in [4.69, 9.17) is 4.74 Å². The summed E-state index contributed by atoms with van der Waals surface area (Å²) < 4.78 is 5.97. The van der Waals surface area contributed by atoms with Crippen molar-refractivity contribution in [3.05, 3.63) is 42.0 Å². The highest BCUT2D eigenvalue weighted by Crippen LogP contribution is 2.28. The van der Waals surface area contributed by atoms with Crippen LogP contribution >= 0.6 is 0 Å². The fraction of sp³-hybridized carbons (Fsp3) is 0.444. The van der Waals surface area contributed by atoms with E-state index in [-0.39, 0.29) is 6.10 Å². The van der Waals surface area contributed by atoms with E-state index in [1.54, 1.807) is 0 Å². The molecule has 2 rings (SSSR count). The third-order valence-electron chi connectivity index (χ3n) is 3.37. The standard InChI is InChI=1S/C18H25NO/c1-4-5-12-19-13-17-16-9-7-6-8-15(16)10-11-18(17)20-14(2)3/h6-11,14,19H,4-5,12-13H2,1-3H3. The molecule has 0 aromatic heterocycles. The van der Waals surface area contributed by atoms with E-state index in [1.807, 2.05) is 0 Å². The van der Waals surface area contributed by atoms with Gasteiger partial charge in [0.15, 0.2) is 0 Å². The molecule has 0 bridgehead atoms. The van der Waals surface area contributed by atoms with Crippen molar-refractivity contribution in [3.63, 3.8) is 0 Å². The number of ether oxygens (including phenoxy) is 1. The van der Waals surface area contributed by atoms with Crippen molar-refractivity contribution in [2.24, 2.45) is 0 Å². The molecule has 0 aliphatic carbocycles. The van der Waals surface area contributed by atoms with E-state index in [0.717, 1.165) is 18.8 Å². The summed E-state index contributed by atoms with van der Waals surface area (Å²) in [6.45, 7) is 8.28. The van der Waals surface area contributed by atoms with Crippen LogP contribution in [0, 0.1) is 0 Å². The Morgan fingerprint density at radius 3 is 2.65 bits per heavy atom. The Morgan fingerprint density at radius 1 is 1.10 bits per heavy atom. The molecule has 2 nitrogen and oxygen atoms in total. The van der Waals surface area contributed by atoms with Gasteiger partial charge >= 0.3 is 0 Å². The third-order valence-corrected chi connectivity index (χ3v) is 3.37. The lowest BCUT2D eigenvalue weighted by Crippen LogP contribution is -2.16. The first-order valence-electron chi connectivity index (χ1n) is 7.60. The molecule has 2 aromatic rings. The first-order valence-corrected chi connectivity index (χ1v) is 7.60. The predicted molar refractivity (Wildman–Crippen MR) is 86.3 cm³/mol. The molecule has 0 heterocycles. The lowest BCUT2D eigenvalue weighted by atomic mass is 10.0. The number of fused-ring (bicyclic) bond motifs is 1. The van der Waals surface area contributed by atoms with E-state index in [9.17, 15) is 0 Å². The average molecular weight is 271 g/mol. The number of unbranched alkanes of at least 4 members (excludes halogenated alkanes) is 1. The molecule has 0 radical (unpaired) electrons. The number of rotatable bonds is 7. The van der Waals surface area contributed by atoms with E-state index in [1.165, 1.54) is 29.2 Å². The van der Waals surface area contributed by atoms with Gasteiger partial charge in [0.25, 0.3) is 0 Å². The molecule has 0 amide bonds. The molecule has 0 aliphatic rings. The molecule has 0 atom stereocenters. The van der Waals surface area contributed by atoms with Crippen molar-refractivity contribution in [3.8, 4) is 5.75 Å². The zero-order valence-electron chi connectivity index (χ0n) is 12.8. The zero-order valence-corrected chi connectivity index (χ0v) is 12.8. The van der Waals surface area contributed by atoms with Gasteiger partial charge in [-0.1, -0.05) is 43.7 Å². The van der Waals surface area contributed by atoms with Crippen LogP contribution in [-0.2, 0) is 6.54 Å². The largest absolute Gasteiger partial charge is 0.491 e. The minimum atomic E-state index is 0.200. The van der Waals surface area contributed by atoms with Gasteiger partial charge in [-0.05, 0) is 43.7 Å². The maximum atomic E-state index is 5.97. The minimum absolute atomic E-state index is 0.200. The van der Waals surface area contributed by atoms with Gasteiger partial charge in [-0.2, -0.15) is 0 Å². The van der Waals surface area contributed by atoms with Crippen molar-refractivity contribution in [1.29, 1.82) is 0 Å². The SMILES string of the molecule is CCCCNCc1c(OC(C)C)ccc2ccccc12. The number of hydrogen-bond acceptors (Lipinski definition) is 2. The molecule has 0 saturated heterocycles. The molecule has 2 aromatic carbocycles. The van der Waals surface area contributed by atoms with Crippen LogP contribution < -0.4 is 10.1 Å². The van der Waals surface area contributed by atoms with Gasteiger partial charge in [0.2, 0.25) is 0 Å². The molecule has 0 fully saturated rings. The molecule has 20 heavy (non-hydrogen) atoms. The van der Waals surface area contributed by atoms with Gasteiger partial charge < -0.3 is 10.1 Å². The van der Waals surface area contributed by atoms with E-state index < -0.39 is 0 Å². The summed E-state index contributed by atoms with van der Waals surface area (Å²) in [6.07, 6.45) is 2.63. The summed E-state index contributed by atoms with van der Waals surface area (Å²) >= 11 is 0. The van der Waals surface area contributed by atoms with Crippen molar-refractivity contribution < 1.29 is 4.74 Å². The smallest absolute Gasteiger partial charge is 0.124 e. The summed E-state index contributed by atoms with van der Waals surface area (Å²) in [7, 11) is 0. The Labute approximate surface area is 122 Å². The van der Waals surface area contributed by atoms with Gasteiger partial charge in [0.05, 0.1) is 6.10 Å². The lowest BCUT2D eigenvalue weighted by molar-refractivity contribution is 0.240. The Morgan fingerprint density at radius 2 is 1.90 bits per heavy atom. The van der Waals surface area contributed by atoms with E-state index in [0.29, 0.717) is 0 Å². The first kappa shape index (κ1) is 14.9. The van der Waals surface area contributed by atoms with Gasteiger partial charge in [0, 0.05) is 12.1 Å². The summed E-state index contributed by atoms with van der Waals surface area (Å²) in [5.74, 6) is 1.00. The quantitative estimate of drug-likeness (QED) is 0.748. The Hall–Kier alpha value is -1.54. The van der Waals surface area contributed by atoms with Crippen LogP contribution in [-0.4, -0.2) is 12.6 Å². The molecule has 0 aliphatic heterocycles. The second-order valence-electron chi connectivity index (χ2n) is 5.46. The van der Waals surface area contributed by atoms with Crippen molar-refractivity contribution >= 4 is 10.8 Å². The lowest BCUT2D eigenvalue weighted by Gasteiger charge is -2.17. The maximum absolute atomic E-state index is 5.97. The number of nitrogens with one attached hydrogen (secondary N) is 1. The van der Waals surface area contributed by atoms with Crippen LogP contribution in [0.2, 0.25) is 0 Å². The zero-order chi connectivity index (χ0) is 14.4. The molecule has 0 saturated carbocycles. The molecular formula is C18H25NO. The minimum Gasteiger partial charge on any atom is -0.491 e. The predicted octanol–water partition coefficient (Wildman–Crippen LogP) is 4.52. The highest BCUT2D eigenvalue weighted by Gasteiger charge is 2.09. The summed E-state index contributed by atoms with van der Waals surface area (Å²) in [5.41, 5.74) is 1.27. The van der Waals surface area contributed by atoms with Crippen molar-refractivity contribution in [1.82, 2.24) is 5.32 Å². The monoisotopic (exact) mass is 271 g/mol. The maximum Gasteiger partial charge on any atom is 0.124 e. The average Bonchev–Trinajstić information content (AvgIpc) is 2.44. The van der Waals surface area contributed by atoms with Crippen LogP contribution in [0.4, 0.5) is 0 Å². The molecule has 108 valence electrons. The highest BCUT2D eigenvalue weighted by molar-refractivity contribution is 5.87. The van der Waals surface area contributed by atoms with Crippen LogP contribution in [0.1, 0.15) is 39.2 Å². The van der Waals surface area contributed by atoms with Crippen LogP contribution in [0.15, 0.2) is 36.4 Å². The van der Waals surface area contributed by atoms with Gasteiger partial charge in [0.1, 0.15) is 5.75 Å². The van der Waals surface area contributed by atoms with Crippen LogP contribution in [0.5, 0.6) is 5.75 Å². The molecular weight excluding hydrogens is 246 g/mol. The van der Waals surface area contributed by atoms with Crippen molar-refractivity contribution in [2.75, 3.05) is 6.54 Å². The van der Waals surface area contributed by atoms with Gasteiger partial charge in [-0.3, -0.25) is 0 Å². The summed E-state index contributed by atoms with van der Waals surface area (Å²) in [5, 5.41) is 6.09. The van der Waals surface area contributed by atoms with E-state index in [2.05, 4.69) is 62.5 Å². The van der Waals surface area contributed by atoms with E-state index >= 15 is 0 Å². The molecule has 0 unspecified atom stereocenters. The fourth-order valence-electron chi connectivity index (χ4n) is 2.38. The number of benzene rings is 2. The highest BCUT2D eigenvalue weighted by atomic mass is 16.5. The second-order valence-corrected chi connectivity index (χ2v) is 5.46. The summed E-state index contributed by atoms with van der Waals surface area (Å²) in [6, 6.07) is 12.8. The Balaban J connectivity index is 2.29. The van der Waals surface area contributed by atoms with Gasteiger partial charge in [-0.25, -0.2) is 0 Å². The molecule has 0 spiro atoms. The third kappa shape index (κ3) is 3.73. The molecule has 2 heteroatoms. The van der Waals surface area contributed by atoms with Gasteiger partial charge in [-0.15, -0.1) is 0 Å². The van der Waals surface area contributed by atoms with Crippen LogP contribution in [0.25, 0.3) is 10.8 Å². The summed E-state index contributed by atoms with van der Waals surface area (Å²) in [4.78, 5) is 0. The second kappa shape index (κ2) is 7.30. The fourth-order valence-corrected chi connectivity index (χ4v) is 2.38. The normalized spacial score (nSPS) is 11.2. The van der Waals surface area contributed by atoms with Crippen molar-refractivity contribution in [2.45, 2.75) is 46.3 Å². The Kier molecular flexibility index (Phi) is 5.42. The number of hydrogen-bond donors (Lipinski definition) is 1.